The number of allylic oxidation sites excluding steroid dienone is 2. The van der Waals surface area contributed by atoms with Gasteiger partial charge in [0.1, 0.15) is 29.3 Å². The van der Waals surface area contributed by atoms with Gasteiger partial charge in [-0.05, 0) is 25.1 Å². The Bertz CT molecular complexity index is 724. The van der Waals surface area contributed by atoms with Crippen LogP contribution >= 0.6 is 0 Å². The fourth-order valence-corrected chi connectivity index (χ4v) is 1.58. The van der Waals surface area contributed by atoms with E-state index in [1.807, 2.05) is 6.07 Å². The Kier molecular flexibility index (Phi) is 6.70. The molecule has 3 N–H and O–H groups in total. The number of anilines is 1. The third-order valence-electron chi connectivity index (χ3n) is 2.66. The van der Waals surface area contributed by atoms with Gasteiger partial charge in [-0.25, -0.2) is 4.79 Å². The molecule has 0 unspecified atom stereocenters. The number of nitriles is 2. The van der Waals surface area contributed by atoms with Gasteiger partial charge in [-0.3, -0.25) is 0 Å². The number of nitrogens with one attached hydrogen (secondary N) is 1. The number of carbonyl (C=O) groups excluding carboxylic acids is 1. The average molecular weight is 312 g/mol. The second-order valence-electron chi connectivity index (χ2n) is 4.19. The van der Waals surface area contributed by atoms with Crippen LogP contribution in [0.25, 0.3) is 0 Å². The van der Waals surface area contributed by atoms with Gasteiger partial charge in [-0.15, -0.1) is 0 Å². The summed E-state index contributed by atoms with van der Waals surface area (Å²) >= 11 is 0. The highest BCUT2D eigenvalue weighted by Crippen LogP contribution is 2.18. The van der Waals surface area contributed by atoms with Crippen LogP contribution in [0.1, 0.15) is 6.92 Å². The Labute approximate surface area is 134 Å². The molecule has 7 heteroatoms. The zero-order valence-corrected chi connectivity index (χ0v) is 12.8. The van der Waals surface area contributed by atoms with E-state index in [9.17, 15) is 10.1 Å². The molecule has 0 aliphatic rings. The van der Waals surface area contributed by atoms with Gasteiger partial charge in [-0.1, -0.05) is 6.07 Å². The van der Waals surface area contributed by atoms with Gasteiger partial charge in [0.15, 0.2) is 0 Å². The van der Waals surface area contributed by atoms with Crippen molar-refractivity contribution in [3.8, 4) is 17.9 Å². The summed E-state index contributed by atoms with van der Waals surface area (Å²) in [7, 11) is 1.53. The zero-order valence-electron chi connectivity index (χ0n) is 12.8. The molecule has 7 nitrogen and oxygen atoms in total. The van der Waals surface area contributed by atoms with Gasteiger partial charge in [-0.2, -0.15) is 10.5 Å². The number of esters is 1. The van der Waals surface area contributed by atoms with Crippen LogP contribution in [0.2, 0.25) is 0 Å². The predicted molar refractivity (Wildman–Crippen MR) is 83.8 cm³/mol. The Balaban J connectivity index is 3.10. The maximum Gasteiger partial charge on any atom is 0.348 e. The van der Waals surface area contributed by atoms with E-state index in [-0.39, 0.29) is 23.6 Å². The summed E-state index contributed by atoms with van der Waals surface area (Å²) in [5.41, 5.74) is 6.06. The highest BCUT2D eigenvalue weighted by molar-refractivity contribution is 5.93. The molecule has 0 saturated carbocycles. The first-order chi connectivity index (χ1) is 11.0. The number of nitrogens with zero attached hydrogens (tertiary/aromatic N) is 2. The molecule has 118 valence electrons. The minimum absolute atomic E-state index is 0.00204. The van der Waals surface area contributed by atoms with Crippen LogP contribution in [-0.4, -0.2) is 19.7 Å². The fourth-order valence-electron chi connectivity index (χ4n) is 1.58. The minimum Gasteiger partial charge on any atom is -0.497 e. The maximum atomic E-state index is 11.6. The lowest BCUT2D eigenvalue weighted by Crippen LogP contribution is -2.13. The van der Waals surface area contributed by atoms with E-state index in [0.717, 1.165) is 6.08 Å². The molecule has 0 aromatic heterocycles. The second-order valence-corrected chi connectivity index (χ2v) is 4.19. The van der Waals surface area contributed by atoms with Crippen molar-refractivity contribution in [3.63, 3.8) is 0 Å². The first-order valence-corrected chi connectivity index (χ1v) is 6.65. The Hall–Kier alpha value is -3.45. The van der Waals surface area contributed by atoms with Crippen LogP contribution in [-0.2, 0) is 9.53 Å². The van der Waals surface area contributed by atoms with Gasteiger partial charge in [0, 0.05) is 11.8 Å². The number of nitrogens with two attached hydrogens (primary N) is 1. The molecule has 0 radical (unpaired) electrons. The Morgan fingerprint density at radius 1 is 1.39 bits per heavy atom. The van der Waals surface area contributed by atoms with Crippen LogP contribution in [0, 0.1) is 22.7 Å². The minimum atomic E-state index is -0.808. The Morgan fingerprint density at radius 3 is 2.70 bits per heavy atom. The predicted octanol–water partition coefficient (Wildman–Crippen LogP) is 1.81. The molecule has 1 aromatic carbocycles. The molecule has 0 aliphatic heterocycles. The number of hydrogen-bond donors (Lipinski definition) is 2. The van der Waals surface area contributed by atoms with Gasteiger partial charge >= 0.3 is 5.97 Å². The van der Waals surface area contributed by atoms with Gasteiger partial charge in [0.2, 0.25) is 0 Å². The number of ether oxygens (including phenoxy) is 2. The summed E-state index contributed by atoms with van der Waals surface area (Å²) in [5, 5.41) is 21.0. The monoisotopic (exact) mass is 312 g/mol. The third kappa shape index (κ3) is 5.10. The second kappa shape index (κ2) is 8.75. The largest absolute Gasteiger partial charge is 0.497 e. The number of rotatable bonds is 6. The summed E-state index contributed by atoms with van der Waals surface area (Å²) in [6, 6.07) is 10.4. The average Bonchev–Trinajstić information content (AvgIpc) is 2.56. The van der Waals surface area contributed by atoms with E-state index < -0.39 is 5.97 Å². The molecule has 23 heavy (non-hydrogen) atoms. The number of benzene rings is 1. The highest BCUT2D eigenvalue weighted by atomic mass is 16.5. The summed E-state index contributed by atoms with van der Waals surface area (Å²) in [5.74, 6) is -0.198. The van der Waals surface area contributed by atoms with Gasteiger partial charge in [0.25, 0.3) is 0 Å². The standard InChI is InChI=1S/C16H16N4O3/c1-3-23-16(21)12(10-18)7-11(9-17)15(19)20-13-5-4-6-14(8-13)22-2/h4-8,20H,3,19H2,1-2H3/b12-7+,15-11-. The highest BCUT2D eigenvalue weighted by Gasteiger charge is 2.12. The van der Waals surface area contributed by atoms with Crippen LogP contribution in [0.5, 0.6) is 5.75 Å². The third-order valence-corrected chi connectivity index (χ3v) is 2.66. The topological polar surface area (TPSA) is 121 Å². The van der Waals surface area contributed by atoms with Gasteiger partial charge < -0.3 is 20.5 Å². The summed E-state index contributed by atoms with van der Waals surface area (Å²) in [6.07, 6.45) is 1.08. The molecule has 0 amide bonds. The van der Waals surface area contributed by atoms with E-state index in [0.29, 0.717) is 11.4 Å². The van der Waals surface area contributed by atoms with Crippen molar-refractivity contribution in [1.29, 1.82) is 10.5 Å². The molecular weight excluding hydrogens is 296 g/mol. The molecule has 1 rings (SSSR count). The number of carbonyl (C=O) groups is 1. The van der Waals surface area contributed by atoms with Crippen molar-refractivity contribution in [3.05, 3.63) is 47.3 Å². The van der Waals surface area contributed by atoms with Crippen molar-refractivity contribution in [2.24, 2.45) is 5.73 Å². The molecule has 0 heterocycles. The first kappa shape index (κ1) is 17.6. The van der Waals surface area contributed by atoms with Crippen LogP contribution in [0.3, 0.4) is 0 Å². The lowest BCUT2D eigenvalue weighted by Gasteiger charge is -2.09. The normalized spacial score (nSPS) is 11.6. The van der Waals surface area contributed by atoms with Gasteiger partial charge in [0.05, 0.1) is 19.3 Å². The lowest BCUT2D eigenvalue weighted by atomic mass is 10.1. The van der Waals surface area contributed by atoms with Crippen molar-refractivity contribution in [2.45, 2.75) is 6.92 Å². The van der Waals surface area contributed by atoms with E-state index in [2.05, 4.69) is 5.32 Å². The maximum absolute atomic E-state index is 11.6. The first-order valence-electron chi connectivity index (χ1n) is 6.65. The fraction of sp³-hybridized carbons (Fsp3) is 0.188. The van der Waals surface area contributed by atoms with Crippen molar-refractivity contribution in [1.82, 2.24) is 0 Å². The molecule has 0 spiro atoms. The summed E-state index contributed by atoms with van der Waals surface area (Å²) in [6.45, 7) is 1.74. The molecule has 0 atom stereocenters. The zero-order chi connectivity index (χ0) is 17.2. The quantitative estimate of drug-likeness (QED) is 0.355. The Morgan fingerprint density at radius 2 is 2.13 bits per heavy atom. The van der Waals surface area contributed by atoms with Crippen molar-refractivity contribution < 1.29 is 14.3 Å². The molecular formula is C16H16N4O3. The number of hydrogen-bond acceptors (Lipinski definition) is 7. The SMILES string of the molecule is CCOC(=O)/C(C#N)=C/C(C#N)=C(\N)Nc1cccc(OC)c1. The summed E-state index contributed by atoms with van der Waals surface area (Å²) in [4.78, 5) is 11.6. The van der Waals surface area contributed by atoms with E-state index in [1.165, 1.54) is 7.11 Å². The smallest absolute Gasteiger partial charge is 0.348 e. The molecule has 0 bridgehead atoms. The molecule has 1 aromatic rings. The van der Waals surface area contributed by atoms with Crippen molar-refractivity contribution >= 4 is 11.7 Å². The van der Waals surface area contributed by atoms with Crippen LogP contribution in [0.15, 0.2) is 47.3 Å². The molecule has 0 aliphatic carbocycles. The number of methoxy groups -OCH3 is 1. The van der Waals surface area contributed by atoms with Crippen LogP contribution in [0.4, 0.5) is 5.69 Å². The van der Waals surface area contributed by atoms with E-state index >= 15 is 0 Å². The van der Waals surface area contributed by atoms with Crippen molar-refractivity contribution in [2.75, 3.05) is 19.0 Å². The van der Waals surface area contributed by atoms with Crippen LogP contribution < -0.4 is 15.8 Å². The van der Waals surface area contributed by atoms with E-state index in [1.54, 1.807) is 37.3 Å². The summed E-state index contributed by atoms with van der Waals surface area (Å²) < 4.78 is 9.81. The molecule has 0 saturated heterocycles. The van der Waals surface area contributed by atoms with E-state index in [4.69, 9.17) is 20.5 Å². The molecule has 0 fully saturated rings. The lowest BCUT2D eigenvalue weighted by molar-refractivity contribution is -0.138.